The number of thiocarbonyl (C=S) groups is 1. The minimum atomic E-state index is 0.229. The standard InChI is InChI=1S/C18H21ClN2O2S2/c1-22-17-10-13(19)6-7-16(17)20-18(24)21(11-14-4-2-8-23-14)12-15-5-3-9-25-15/h3,5-7,9-10,14H,2,4,8,11-12H2,1H3,(H,20,24)/t14-/m0/s1. The fourth-order valence-electron chi connectivity index (χ4n) is 2.81. The van der Waals surface area contributed by atoms with Crippen LogP contribution in [-0.2, 0) is 11.3 Å². The molecule has 0 aliphatic carbocycles. The van der Waals surface area contributed by atoms with E-state index in [1.54, 1.807) is 24.5 Å². The highest BCUT2D eigenvalue weighted by molar-refractivity contribution is 7.80. The Labute approximate surface area is 162 Å². The maximum atomic E-state index is 6.04. The molecule has 1 saturated heterocycles. The monoisotopic (exact) mass is 396 g/mol. The summed E-state index contributed by atoms with van der Waals surface area (Å²) in [7, 11) is 1.62. The first-order chi connectivity index (χ1) is 12.2. The number of rotatable bonds is 6. The van der Waals surface area contributed by atoms with Crippen molar-refractivity contribution in [1.82, 2.24) is 4.90 Å². The Bertz CT molecular complexity index is 703. The minimum Gasteiger partial charge on any atom is -0.495 e. The van der Waals surface area contributed by atoms with Gasteiger partial charge in [0.2, 0.25) is 0 Å². The molecule has 1 aromatic heterocycles. The van der Waals surface area contributed by atoms with Gasteiger partial charge in [-0.25, -0.2) is 0 Å². The van der Waals surface area contributed by atoms with Crippen molar-refractivity contribution in [3.63, 3.8) is 0 Å². The number of methoxy groups -OCH3 is 1. The van der Waals surface area contributed by atoms with E-state index in [2.05, 4.69) is 27.7 Å². The molecule has 0 saturated carbocycles. The molecule has 134 valence electrons. The second-order valence-electron chi connectivity index (χ2n) is 5.87. The van der Waals surface area contributed by atoms with Crippen LogP contribution in [-0.4, -0.2) is 36.4 Å². The molecule has 1 atom stereocenters. The molecule has 0 radical (unpaired) electrons. The third kappa shape index (κ3) is 5.07. The molecule has 1 N–H and O–H groups in total. The highest BCUT2D eigenvalue weighted by Crippen LogP contribution is 2.28. The van der Waals surface area contributed by atoms with Crippen LogP contribution in [0.3, 0.4) is 0 Å². The van der Waals surface area contributed by atoms with Crippen molar-refractivity contribution in [3.05, 3.63) is 45.6 Å². The van der Waals surface area contributed by atoms with Crippen LogP contribution in [0.1, 0.15) is 17.7 Å². The van der Waals surface area contributed by atoms with Crippen LogP contribution in [0.4, 0.5) is 5.69 Å². The summed E-state index contributed by atoms with van der Waals surface area (Å²) in [4.78, 5) is 3.43. The lowest BCUT2D eigenvalue weighted by Gasteiger charge is -2.28. The van der Waals surface area contributed by atoms with Crippen molar-refractivity contribution in [2.75, 3.05) is 25.6 Å². The zero-order valence-electron chi connectivity index (χ0n) is 14.0. The summed E-state index contributed by atoms with van der Waals surface area (Å²) in [6.45, 7) is 2.38. The number of halogens is 1. The van der Waals surface area contributed by atoms with Gasteiger partial charge in [0.05, 0.1) is 25.4 Å². The van der Waals surface area contributed by atoms with Crippen molar-refractivity contribution < 1.29 is 9.47 Å². The second kappa shape index (κ2) is 8.85. The number of hydrogen-bond acceptors (Lipinski definition) is 4. The third-order valence-electron chi connectivity index (χ3n) is 4.07. The van der Waals surface area contributed by atoms with E-state index in [0.717, 1.165) is 38.2 Å². The van der Waals surface area contributed by atoms with Gasteiger partial charge >= 0.3 is 0 Å². The molecule has 0 spiro atoms. The van der Waals surface area contributed by atoms with Crippen LogP contribution in [0.2, 0.25) is 5.02 Å². The summed E-state index contributed by atoms with van der Waals surface area (Å²) in [5.74, 6) is 0.669. The quantitative estimate of drug-likeness (QED) is 0.710. The van der Waals surface area contributed by atoms with Crippen molar-refractivity contribution in [2.45, 2.75) is 25.5 Å². The molecule has 1 aliphatic rings. The largest absolute Gasteiger partial charge is 0.495 e. The van der Waals surface area contributed by atoms with Gasteiger partial charge in [0.1, 0.15) is 5.75 Å². The molecule has 7 heteroatoms. The summed E-state index contributed by atoms with van der Waals surface area (Å²) in [6.07, 6.45) is 2.42. The van der Waals surface area contributed by atoms with Gasteiger partial charge in [-0.15, -0.1) is 11.3 Å². The molecule has 3 rings (SSSR count). The van der Waals surface area contributed by atoms with Crippen molar-refractivity contribution in [2.24, 2.45) is 0 Å². The van der Waals surface area contributed by atoms with Gasteiger partial charge < -0.3 is 19.7 Å². The molecular formula is C18H21ClN2O2S2. The van der Waals surface area contributed by atoms with Crippen molar-refractivity contribution >= 4 is 46.0 Å². The zero-order valence-corrected chi connectivity index (χ0v) is 16.4. The van der Waals surface area contributed by atoms with Gasteiger partial charge in [0.15, 0.2) is 5.11 Å². The zero-order chi connectivity index (χ0) is 17.6. The number of nitrogens with one attached hydrogen (secondary N) is 1. The smallest absolute Gasteiger partial charge is 0.173 e. The van der Waals surface area contributed by atoms with E-state index in [-0.39, 0.29) is 6.10 Å². The first kappa shape index (κ1) is 18.5. The van der Waals surface area contributed by atoms with E-state index in [4.69, 9.17) is 33.3 Å². The molecular weight excluding hydrogens is 376 g/mol. The Morgan fingerprint density at radius 1 is 1.48 bits per heavy atom. The lowest BCUT2D eigenvalue weighted by molar-refractivity contribution is 0.0907. The van der Waals surface area contributed by atoms with E-state index in [1.165, 1.54) is 4.88 Å². The number of nitrogens with zero attached hydrogens (tertiary/aromatic N) is 1. The highest BCUT2D eigenvalue weighted by Gasteiger charge is 2.22. The van der Waals surface area contributed by atoms with Crippen LogP contribution in [0, 0.1) is 0 Å². The number of benzene rings is 1. The molecule has 0 unspecified atom stereocenters. The molecule has 2 aromatic rings. The lowest BCUT2D eigenvalue weighted by Crippen LogP contribution is -2.39. The summed E-state index contributed by atoms with van der Waals surface area (Å²) < 4.78 is 11.2. The number of ether oxygens (including phenoxy) is 2. The predicted octanol–water partition coefficient (Wildman–Crippen LogP) is 4.79. The summed E-state index contributed by atoms with van der Waals surface area (Å²) in [5.41, 5.74) is 0.806. The van der Waals surface area contributed by atoms with E-state index < -0.39 is 0 Å². The Morgan fingerprint density at radius 3 is 3.04 bits per heavy atom. The molecule has 0 bridgehead atoms. The Hall–Kier alpha value is -1.34. The molecule has 0 amide bonds. The summed E-state index contributed by atoms with van der Waals surface area (Å²) in [6, 6.07) is 9.65. The van der Waals surface area contributed by atoms with Gasteiger partial charge in [0, 0.05) is 29.1 Å². The Kier molecular flexibility index (Phi) is 6.53. The average Bonchev–Trinajstić information content (AvgIpc) is 3.29. The predicted molar refractivity (Wildman–Crippen MR) is 108 cm³/mol. The SMILES string of the molecule is COc1cc(Cl)ccc1NC(=S)N(Cc1cccs1)C[C@@H]1CCCO1. The molecule has 1 fully saturated rings. The molecule has 25 heavy (non-hydrogen) atoms. The van der Waals surface area contributed by atoms with Crippen LogP contribution < -0.4 is 10.1 Å². The summed E-state index contributed by atoms with van der Waals surface area (Å²) in [5, 5.41) is 6.66. The van der Waals surface area contributed by atoms with Crippen LogP contribution in [0.25, 0.3) is 0 Å². The molecule has 4 nitrogen and oxygen atoms in total. The lowest BCUT2D eigenvalue weighted by atomic mass is 10.2. The maximum absolute atomic E-state index is 6.04. The fourth-order valence-corrected chi connectivity index (χ4v) is 3.94. The van der Waals surface area contributed by atoms with Gasteiger partial charge in [0.25, 0.3) is 0 Å². The normalized spacial score (nSPS) is 16.6. The first-order valence-corrected chi connectivity index (χ1v) is 9.86. The van der Waals surface area contributed by atoms with Crippen molar-refractivity contribution in [1.29, 1.82) is 0 Å². The highest BCUT2D eigenvalue weighted by atomic mass is 35.5. The second-order valence-corrected chi connectivity index (χ2v) is 7.73. The van der Waals surface area contributed by atoms with Gasteiger partial charge in [-0.2, -0.15) is 0 Å². The third-order valence-corrected chi connectivity index (χ3v) is 5.52. The maximum Gasteiger partial charge on any atom is 0.173 e. The fraction of sp³-hybridized carbons (Fsp3) is 0.389. The minimum absolute atomic E-state index is 0.229. The van der Waals surface area contributed by atoms with E-state index in [1.807, 2.05) is 12.1 Å². The number of anilines is 1. The molecule has 1 aliphatic heterocycles. The van der Waals surface area contributed by atoms with Crippen LogP contribution in [0.5, 0.6) is 5.75 Å². The first-order valence-electron chi connectivity index (χ1n) is 8.19. The van der Waals surface area contributed by atoms with Gasteiger partial charge in [-0.3, -0.25) is 0 Å². The van der Waals surface area contributed by atoms with Crippen LogP contribution in [0.15, 0.2) is 35.7 Å². The Balaban J connectivity index is 1.73. The van der Waals surface area contributed by atoms with E-state index in [0.29, 0.717) is 15.9 Å². The summed E-state index contributed by atoms with van der Waals surface area (Å²) >= 11 is 13.4. The number of hydrogen-bond donors (Lipinski definition) is 1. The topological polar surface area (TPSA) is 33.7 Å². The molecule has 1 aromatic carbocycles. The number of thiophene rings is 1. The van der Waals surface area contributed by atoms with E-state index in [9.17, 15) is 0 Å². The molecule has 2 heterocycles. The average molecular weight is 397 g/mol. The van der Waals surface area contributed by atoms with E-state index >= 15 is 0 Å². The van der Waals surface area contributed by atoms with Gasteiger partial charge in [-0.05, 0) is 48.6 Å². The Morgan fingerprint density at radius 2 is 2.36 bits per heavy atom. The van der Waals surface area contributed by atoms with Crippen LogP contribution >= 0.6 is 35.2 Å². The van der Waals surface area contributed by atoms with Crippen molar-refractivity contribution in [3.8, 4) is 5.75 Å². The van der Waals surface area contributed by atoms with Gasteiger partial charge in [-0.1, -0.05) is 17.7 Å².